The molecule has 0 aromatic rings. The van der Waals surface area contributed by atoms with Crippen molar-refractivity contribution in [3.8, 4) is 0 Å². The van der Waals surface area contributed by atoms with E-state index < -0.39 is 0 Å². The summed E-state index contributed by atoms with van der Waals surface area (Å²) >= 11 is 0. The zero-order valence-electron chi connectivity index (χ0n) is 15.6. The van der Waals surface area contributed by atoms with E-state index in [4.69, 9.17) is 0 Å². The SMILES string of the molecule is C=CCC1CCCCC1.CCCC(CC)CC1CCCCC1. The van der Waals surface area contributed by atoms with E-state index in [0.29, 0.717) is 0 Å². The second-order valence-electron chi connectivity index (χ2n) is 7.83. The Labute approximate surface area is 141 Å². The van der Waals surface area contributed by atoms with E-state index in [0.717, 1.165) is 17.8 Å². The molecule has 0 aromatic heterocycles. The summed E-state index contributed by atoms with van der Waals surface area (Å²) in [6, 6.07) is 0. The van der Waals surface area contributed by atoms with Crippen LogP contribution in [0.1, 0.15) is 110 Å². The lowest BCUT2D eigenvalue weighted by atomic mass is 9.81. The fraction of sp³-hybridized carbons (Fsp3) is 0.909. The molecule has 130 valence electrons. The van der Waals surface area contributed by atoms with Crippen molar-refractivity contribution in [2.24, 2.45) is 17.8 Å². The van der Waals surface area contributed by atoms with E-state index in [-0.39, 0.29) is 0 Å². The quantitative estimate of drug-likeness (QED) is 0.419. The minimum Gasteiger partial charge on any atom is -0.103 e. The van der Waals surface area contributed by atoms with Crippen molar-refractivity contribution in [1.82, 2.24) is 0 Å². The average Bonchev–Trinajstić information content (AvgIpc) is 2.57. The van der Waals surface area contributed by atoms with Crippen LogP contribution in [0.3, 0.4) is 0 Å². The van der Waals surface area contributed by atoms with Gasteiger partial charge in [-0.25, -0.2) is 0 Å². The summed E-state index contributed by atoms with van der Waals surface area (Å²) in [5.74, 6) is 3.11. The first kappa shape index (κ1) is 19.8. The minimum atomic E-state index is 0.983. The Bertz CT molecular complexity index is 240. The van der Waals surface area contributed by atoms with Crippen LogP contribution >= 0.6 is 0 Å². The molecule has 2 saturated carbocycles. The van der Waals surface area contributed by atoms with E-state index in [1.165, 1.54) is 96.3 Å². The van der Waals surface area contributed by atoms with Gasteiger partial charge in [-0.05, 0) is 30.6 Å². The smallest absolute Gasteiger partial charge is 0.0325 e. The highest BCUT2D eigenvalue weighted by atomic mass is 14.2. The molecule has 0 bridgehead atoms. The van der Waals surface area contributed by atoms with Crippen molar-refractivity contribution in [1.29, 1.82) is 0 Å². The Morgan fingerprint density at radius 2 is 1.41 bits per heavy atom. The average molecular weight is 307 g/mol. The number of hydrogen-bond acceptors (Lipinski definition) is 0. The van der Waals surface area contributed by atoms with Crippen molar-refractivity contribution in [2.45, 2.75) is 110 Å². The van der Waals surface area contributed by atoms with Crippen LogP contribution in [-0.2, 0) is 0 Å². The third-order valence-corrected chi connectivity index (χ3v) is 5.89. The Morgan fingerprint density at radius 3 is 1.86 bits per heavy atom. The van der Waals surface area contributed by atoms with Crippen molar-refractivity contribution < 1.29 is 0 Å². The monoisotopic (exact) mass is 306 g/mol. The first-order valence-corrected chi connectivity index (χ1v) is 10.4. The van der Waals surface area contributed by atoms with Gasteiger partial charge in [0.2, 0.25) is 0 Å². The van der Waals surface area contributed by atoms with Crippen LogP contribution < -0.4 is 0 Å². The lowest BCUT2D eigenvalue weighted by molar-refractivity contribution is 0.273. The topological polar surface area (TPSA) is 0 Å². The van der Waals surface area contributed by atoms with Gasteiger partial charge in [0.15, 0.2) is 0 Å². The van der Waals surface area contributed by atoms with Crippen LogP contribution in [0.25, 0.3) is 0 Å². The second kappa shape index (κ2) is 13.2. The van der Waals surface area contributed by atoms with Crippen molar-refractivity contribution in [3.05, 3.63) is 12.7 Å². The lowest BCUT2D eigenvalue weighted by Crippen LogP contribution is -2.11. The summed E-state index contributed by atoms with van der Waals surface area (Å²) in [7, 11) is 0. The lowest BCUT2D eigenvalue weighted by Gasteiger charge is -2.25. The maximum Gasteiger partial charge on any atom is -0.0325 e. The third-order valence-electron chi connectivity index (χ3n) is 5.89. The highest BCUT2D eigenvalue weighted by Gasteiger charge is 2.17. The predicted molar refractivity (Wildman–Crippen MR) is 101 cm³/mol. The maximum atomic E-state index is 3.75. The molecular weight excluding hydrogens is 264 g/mol. The summed E-state index contributed by atoms with van der Waals surface area (Å²) in [5.41, 5.74) is 0. The molecule has 1 atom stereocenters. The molecule has 0 aromatic carbocycles. The van der Waals surface area contributed by atoms with Crippen LogP contribution in [0.4, 0.5) is 0 Å². The number of hydrogen-bond donors (Lipinski definition) is 0. The number of rotatable bonds is 7. The van der Waals surface area contributed by atoms with Gasteiger partial charge in [0.25, 0.3) is 0 Å². The van der Waals surface area contributed by atoms with E-state index in [9.17, 15) is 0 Å². The van der Waals surface area contributed by atoms with Gasteiger partial charge in [-0.1, -0.05) is 103 Å². The first-order valence-electron chi connectivity index (χ1n) is 10.4. The van der Waals surface area contributed by atoms with Crippen LogP contribution in [-0.4, -0.2) is 0 Å². The Morgan fingerprint density at radius 1 is 0.864 bits per heavy atom. The molecule has 0 aliphatic heterocycles. The van der Waals surface area contributed by atoms with Crippen LogP contribution in [0.5, 0.6) is 0 Å². The summed E-state index contributed by atoms with van der Waals surface area (Å²) < 4.78 is 0. The highest BCUT2D eigenvalue weighted by molar-refractivity contribution is 4.75. The maximum absolute atomic E-state index is 3.75. The van der Waals surface area contributed by atoms with Gasteiger partial charge < -0.3 is 0 Å². The first-order chi connectivity index (χ1) is 10.8. The molecule has 0 nitrogen and oxygen atoms in total. The van der Waals surface area contributed by atoms with Gasteiger partial charge in [0.1, 0.15) is 0 Å². The van der Waals surface area contributed by atoms with Crippen molar-refractivity contribution in [2.75, 3.05) is 0 Å². The minimum absolute atomic E-state index is 0.983. The molecular formula is C22H42. The molecule has 22 heavy (non-hydrogen) atoms. The molecule has 0 N–H and O–H groups in total. The number of allylic oxidation sites excluding steroid dienone is 1. The van der Waals surface area contributed by atoms with Gasteiger partial charge >= 0.3 is 0 Å². The zero-order valence-corrected chi connectivity index (χ0v) is 15.6. The van der Waals surface area contributed by atoms with Crippen LogP contribution in [0.15, 0.2) is 12.7 Å². The fourth-order valence-corrected chi connectivity index (χ4v) is 4.45. The molecule has 0 heteroatoms. The zero-order chi connectivity index (χ0) is 16.0. The molecule has 2 aliphatic rings. The molecule has 0 radical (unpaired) electrons. The second-order valence-corrected chi connectivity index (χ2v) is 7.83. The third kappa shape index (κ3) is 9.01. The van der Waals surface area contributed by atoms with Crippen LogP contribution in [0, 0.1) is 17.8 Å². The standard InChI is InChI=1S/C13H26.C9H16/c1-3-8-12(4-2)11-13-9-6-5-7-10-13;1-2-6-9-7-4-3-5-8-9/h12-13H,3-11H2,1-2H3;2,9H,1,3-8H2. The molecule has 2 aliphatic carbocycles. The van der Waals surface area contributed by atoms with Crippen molar-refractivity contribution >= 4 is 0 Å². The van der Waals surface area contributed by atoms with Gasteiger partial charge in [-0.15, -0.1) is 6.58 Å². The van der Waals surface area contributed by atoms with E-state index in [2.05, 4.69) is 26.5 Å². The van der Waals surface area contributed by atoms with Crippen molar-refractivity contribution in [3.63, 3.8) is 0 Å². The molecule has 0 amide bonds. The van der Waals surface area contributed by atoms with E-state index >= 15 is 0 Å². The molecule has 1 unspecified atom stereocenters. The van der Waals surface area contributed by atoms with Gasteiger partial charge in [-0.3, -0.25) is 0 Å². The van der Waals surface area contributed by atoms with E-state index in [1.54, 1.807) is 0 Å². The van der Waals surface area contributed by atoms with Gasteiger partial charge in [0.05, 0.1) is 0 Å². The summed E-state index contributed by atoms with van der Waals surface area (Å²) in [6.07, 6.45) is 24.0. The molecule has 2 fully saturated rings. The summed E-state index contributed by atoms with van der Waals surface area (Å²) in [5, 5.41) is 0. The normalized spacial score (nSPS) is 21.7. The predicted octanol–water partition coefficient (Wildman–Crippen LogP) is 7.93. The van der Waals surface area contributed by atoms with Crippen LogP contribution in [0.2, 0.25) is 0 Å². The Hall–Kier alpha value is -0.260. The Kier molecular flexibility index (Phi) is 11.9. The largest absolute Gasteiger partial charge is 0.103 e. The molecule has 2 rings (SSSR count). The fourth-order valence-electron chi connectivity index (χ4n) is 4.45. The summed E-state index contributed by atoms with van der Waals surface area (Å²) in [6.45, 7) is 8.44. The molecule has 0 saturated heterocycles. The Balaban J connectivity index is 0.000000235. The van der Waals surface area contributed by atoms with Gasteiger partial charge in [0, 0.05) is 0 Å². The van der Waals surface area contributed by atoms with E-state index in [1.807, 2.05) is 0 Å². The highest BCUT2D eigenvalue weighted by Crippen LogP contribution is 2.31. The molecule has 0 heterocycles. The summed E-state index contributed by atoms with van der Waals surface area (Å²) in [4.78, 5) is 0. The van der Waals surface area contributed by atoms with Gasteiger partial charge in [-0.2, -0.15) is 0 Å². The molecule has 0 spiro atoms.